The van der Waals surface area contributed by atoms with Crippen molar-refractivity contribution in [2.24, 2.45) is 4.99 Å². The third kappa shape index (κ3) is 5.82. The van der Waals surface area contributed by atoms with Crippen LogP contribution in [0.4, 0.5) is 5.69 Å². The molecule has 178 valence electrons. The van der Waals surface area contributed by atoms with Crippen molar-refractivity contribution in [3.63, 3.8) is 0 Å². The number of hydrogen-bond donors (Lipinski definition) is 2. The number of carboxylic acids is 1. The molecule has 1 amide bonds. The highest BCUT2D eigenvalue weighted by atomic mass is 32.2. The zero-order valence-corrected chi connectivity index (χ0v) is 19.8. The minimum atomic E-state index is -1.01. The summed E-state index contributed by atoms with van der Waals surface area (Å²) in [5.41, 5.74) is 2.19. The maximum atomic E-state index is 12.6. The molecule has 3 aromatic carbocycles. The van der Waals surface area contributed by atoms with Gasteiger partial charge in [0.1, 0.15) is 12.4 Å². The van der Waals surface area contributed by atoms with Gasteiger partial charge < -0.3 is 24.6 Å². The van der Waals surface area contributed by atoms with Crippen LogP contribution in [0.25, 0.3) is 6.08 Å². The fourth-order valence-electron chi connectivity index (χ4n) is 3.31. The van der Waals surface area contributed by atoms with Gasteiger partial charge in [-0.15, -0.1) is 0 Å². The van der Waals surface area contributed by atoms with E-state index >= 15 is 0 Å². The Balaban J connectivity index is 1.57. The minimum absolute atomic E-state index is 0.126. The van der Waals surface area contributed by atoms with E-state index in [4.69, 9.17) is 14.2 Å². The highest BCUT2D eigenvalue weighted by molar-refractivity contribution is 8.18. The lowest BCUT2D eigenvalue weighted by Crippen LogP contribution is -2.19. The van der Waals surface area contributed by atoms with Crippen LogP contribution in [-0.4, -0.2) is 36.4 Å². The predicted octanol–water partition coefficient (Wildman–Crippen LogP) is 4.87. The molecule has 1 aliphatic heterocycles. The maximum Gasteiger partial charge on any atom is 0.335 e. The van der Waals surface area contributed by atoms with Gasteiger partial charge in [-0.3, -0.25) is 4.79 Å². The molecule has 4 rings (SSSR count). The molecule has 1 saturated heterocycles. The third-order valence-corrected chi connectivity index (χ3v) is 5.94. The average molecular weight is 491 g/mol. The molecule has 9 heteroatoms. The minimum Gasteiger partial charge on any atom is -0.497 e. The molecular formula is C26H22N2O6S. The van der Waals surface area contributed by atoms with E-state index < -0.39 is 5.97 Å². The molecule has 1 aliphatic rings. The number of rotatable bonds is 8. The van der Waals surface area contributed by atoms with Crippen LogP contribution in [0.15, 0.2) is 76.6 Å². The first kappa shape index (κ1) is 23.9. The van der Waals surface area contributed by atoms with Gasteiger partial charge in [-0.05, 0) is 65.9 Å². The summed E-state index contributed by atoms with van der Waals surface area (Å²) in [6.45, 7) is 0.126. The van der Waals surface area contributed by atoms with Crippen molar-refractivity contribution in [2.45, 2.75) is 6.61 Å². The molecule has 35 heavy (non-hydrogen) atoms. The number of nitrogens with one attached hydrogen (secondary N) is 1. The Kier molecular flexibility index (Phi) is 7.37. The van der Waals surface area contributed by atoms with Crippen LogP contribution in [-0.2, 0) is 11.4 Å². The number of para-hydroxylation sites is 1. The lowest BCUT2D eigenvalue weighted by atomic mass is 10.1. The van der Waals surface area contributed by atoms with Gasteiger partial charge >= 0.3 is 5.97 Å². The molecule has 1 heterocycles. The van der Waals surface area contributed by atoms with Crippen LogP contribution >= 0.6 is 11.8 Å². The molecule has 0 radical (unpaired) electrons. The predicted molar refractivity (Wildman–Crippen MR) is 135 cm³/mol. The number of nitrogens with zero attached hydrogens (tertiary/aromatic N) is 1. The molecule has 0 atom stereocenters. The SMILES string of the molecule is COc1ccc(N=C2NC(=O)/C(=C\c3cccc(OC)c3OCc3cccc(C(=O)O)c3)S2)cc1. The van der Waals surface area contributed by atoms with Crippen molar-refractivity contribution >= 4 is 40.6 Å². The van der Waals surface area contributed by atoms with Crippen LogP contribution < -0.4 is 19.5 Å². The van der Waals surface area contributed by atoms with Crippen LogP contribution in [0.5, 0.6) is 17.2 Å². The molecule has 0 bridgehead atoms. The number of benzene rings is 3. The standard InChI is InChI=1S/C26H22N2O6S/c1-32-20-11-9-19(10-12-20)27-26-28-24(29)22(35-26)14-17-6-4-8-21(33-2)23(17)34-15-16-5-3-7-18(13-16)25(30)31/h3-14H,15H2,1-2H3,(H,30,31)(H,27,28,29)/b22-14+. The fraction of sp³-hybridized carbons (Fsp3) is 0.115. The van der Waals surface area contributed by atoms with Gasteiger partial charge in [-0.2, -0.15) is 0 Å². The van der Waals surface area contributed by atoms with Gasteiger partial charge in [0.25, 0.3) is 5.91 Å². The summed E-state index contributed by atoms with van der Waals surface area (Å²) in [6.07, 6.45) is 1.71. The normalized spacial score (nSPS) is 15.2. The van der Waals surface area contributed by atoms with Crippen LogP contribution in [0.1, 0.15) is 21.5 Å². The Bertz CT molecular complexity index is 1320. The second kappa shape index (κ2) is 10.8. The number of amides is 1. The molecular weight excluding hydrogens is 468 g/mol. The number of hydrogen-bond acceptors (Lipinski definition) is 7. The first-order valence-corrected chi connectivity index (χ1v) is 11.3. The third-order valence-electron chi connectivity index (χ3n) is 5.03. The van der Waals surface area contributed by atoms with Crippen molar-refractivity contribution in [3.8, 4) is 17.2 Å². The van der Waals surface area contributed by atoms with E-state index in [1.165, 1.54) is 24.9 Å². The largest absolute Gasteiger partial charge is 0.497 e. The Morgan fingerprint density at radius 1 is 1.06 bits per heavy atom. The quantitative estimate of drug-likeness (QED) is 0.434. The van der Waals surface area contributed by atoms with Crippen LogP contribution in [0, 0.1) is 0 Å². The highest BCUT2D eigenvalue weighted by Crippen LogP contribution is 2.36. The summed E-state index contributed by atoms with van der Waals surface area (Å²) in [7, 11) is 3.12. The lowest BCUT2D eigenvalue weighted by molar-refractivity contribution is -0.115. The molecule has 8 nitrogen and oxygen atoms in total. The van der Waals surface area contributed by atoms with Gasteiger partial charge in [0.2, 0.25) is 0 Å². The van der Waals surface area contributed by atoms with Crippen molar-refractivity contribution in [1.29, 1.82) is 0 Å². The van der Waals surface area contributed by atoms with Gasteiger partial charge in [-0.1, -0.05) is 24.3 Å². The van der Waals surface area contributed by atoms with Crippen LogP contribution in [0.2, 0.25) is 0 Å². The molecule has 0 unspecified atom stereocenters. The van der Waals surface area contributed by atoms with E-state index in [0.29, 0.717) is 38.4 Å². The maximum absolute atomic E-state index is 12.6. The number of carboxylic acid groups (broad SMARTS) is 1. The number of aliphatic imine (C=N–C) groups is 1. The summed E-state index contributed by atoms with van der Waals surface area (Å²) in [5.74, 6) is 0.371. The molecule has 3 aromatic rings. The van der Waals surface area contributed by atoms with E-state index in [9.17, 15) is 14.7 Å². The summed E-state index contributed by atoms with van der Waals surface area (Å²) in [6, 6.07) is 19.1. The molecule has 1 fully saturated rings. The van der Waals surface area contributed by atoms with Gasteiger partial charge in [0.15, 0.2) is 16.7 Å². The zero-order valence-electron chi connectivity index (χ0n) is 19.0. The van der Waals surface area contributed by atoms with Crippen LogP contribution in [0.3, 0.4) is 0 Å². The average Bonchev–Trinajstić information content (AvgIpc) is 3.21. The summed E-state index contributed by atoms with van der Waals surface area (Å²) in [4.78, 5) is 28.8. The summed E-state index contributed by atoms with van der Waals surface area (Å²) < 4.78 is 16.6. The van der Waals surface area contributed by atoms with E-state index in [0.717, 1.165) is 5.75 Å². The highest BCUT2D eigenvalue weighted by Gasteiger charge is 2.25. The number of methoxy groups -OCH3 is 2. The second-order valence-corrected chi connectivity index (χ2v) is 8.38. The van der Waals surface area contributed by atoms with Crippen molar-refractivity contribution in [3.05, 3.63) is 88.3 Å². The van der Waals surface area contributed by atoms with E-state index in [1.54, 1.807) is 67.8 Å². The molecule has 0 aromatic heterocycles. The summed E-state index contributed by atoms with van der Waals surface area (Å²) in [5, 5.41) is 12.5. The van der Waals surface area contributed by atoms with Gasteiger partial charge in [0, 0.05) is 5.56 Å². The molecule has 2 N–H and O–H groups in total. The number of ether oxygens (including phenoxy) is 3. The molecule has 0 spiro atoms. The smallest absolute Gasteiger partial charge is 0.335 e. The van der Waals surface area contributed by atoms with Gasteiger partial charge in [0.05, 0.1) is 30.4 Å². The Morgan fingerprint density at radius 2 is 1.83 bits per heavy atom. The fourth-order valence-corrected chi connectivity index (χ4v) is 4.14. The lowest BCUT2D eigenvalue weighted by Gasteiger charge is -2.14. The van der Waals surface area contributed by atoms with Crippen molar-refractivity contribution < 1.29 is 28.9 Å². The zero-order chi connectivity index (χ0) is 24.8. The van der Waals surface area contributed by atoms with E-state index in [-0.39, 0.29) is 18.1 Å². The van der Waals surface area contributed by atoms with Gasteiger partial charge in [-0.25, -0.2) is 9.79 Å². The molecule has 0 aliphatic carbocycles. The number of thioether (sulfide) groups is 1. The van der Waals surface area contributed by atoms with E-state index in [2.05, 4.69) is 10.3 Å². The second-order valence-electron chi connectivity index (χ2n) is 7.35. The summed E-state index contributed by atoms with van der Waals surface area (Å²) >= 11 is 1.22. The van der Waals surface area contributed by atoms with Crippen molar-refractivity contribution in [1.82, 2.24) is 5.32 Å². The van der Waals surface area contributed by atoms with Crippen molar-refractivity contribution in [2.75, 3.05) is 14.2 Å². The Hall–Kier alpha value is -4.24. The number of carbonyl (C=O) groups is 2. The Labute approximate surface area is 206 Å². The first-order valence-electron chi connectivity index (χ1n) is 10.5. The van der Waals surface area contributed by atoms with E-state index in [1.807, 2.05) is 6.07 Å². The monoisotopic (exact) mass is 490 g/mol. The Morgan fingerprint density at radius 3 is 2.54 bits per heavy atom. The number of carbonyl (C=O) groups excluding carboxylic acids is 1. The topological polar surface area (TPSA) is 106 Å². The number of amidine groups is 1. The molecule has 0 saturated carbocycles. The first-order chi connectivity index (χ1) is 17.0. The number of aromatic carboxylic acids is 1.